The summed E-state index contributed by atoms with van der Waals surface area (Å²) in [4.78, 5) is 7.32. The first kappa shape index (κ1) is 21.1. The molecule has 2 rings (SSSR count). The van der Waals surface area contributed by atoms with Gasteiger partial charge in [-0.3, -0.25) is 0 Å². The molecule has 17 heavy (non-hydrogen) atoms. The van der Waals surface area contributed by atoms with Gasteiger partial charge in [0.2, 0.25) is 0 Å². The molecular formula is C14H18N2Ni-4. The van der Waals surface area contributed by atoms with E-state index in [1.165, 1.54) is 0 Å². The molecule has 0 atom stereocenters. The Balaban J connectivity index is -0.000000171. The smallest absolute Gasteiger partial charge is 0 e. The van der Waals surface area contributed by atoms with Gasteiger partial charge < -0.3 is 23.8 Å². The molecule has 0 aliphatic carbocycles. The minimum absolute atomic E-state index is 0. The third kappa shape index (κ3) is 20.8. The SMILES string of the molecule is [CH2-]C.[CH2-]C.[Ni].[c-]1ccccn1.[c-]1ccccn1. The topological polar surface area (TPSA) is 25.8 Å². The molecule has 2 nitrogen and oxygen atoms in total. The predicted octanol–water partition coefficient (Wildman–Crippen LogP) is 3.44. The zero-order valence-electron chi connectivity index (χ0n) is 10.2. The van der Waals surface area contributed by atoms with Gasteiger partial charge in [-0.05, 0) is 0 Å². The summed E-state index contributed by atoms with van der Waals surface area (Å²) in [7, 11) is 0. The normalized spacial score (nSPS) is 6.35. The van der Waals surface area contributed by atoms with Crippen molar-refractivity contribution in [3.05, 3.63) is 75.0 Å². The average molecular weight is 273 g/mol. The van der Waals surface area contributed by atoms with Crippen LogP contribution in [0.5, 0.6) is 0 Å². The van der Waals surface area contributed by atoms with Crippen LogP contribution in [0.3, 0.4) is 0 Å². The van der Waals surface area contributed by atoms with Gasteiger partial charge in [-0.25, -0.2) is 0 Å². The van der Waals surface area contributed by atoms with Crippen LogP contribution in [0.25, 0.3) is 0 Å². The maximum atomic E-state index is 3.66. The summed E-state index contributed by atoms with van der Waals surface area (Å²) in [6.07, 6.45) is 8.67. The molecule has 0 saturated heterocycles. The summed E-state index contributed by atoms with van der Waals surface area (Å²) >= 11 is 0. The van der Waals surface area contributed by atoms with Crippen molar-refractivity contribution < 1.29 is 16.5 Å². The number of pyridine rings is 2. The first-order valence-electron chi connectivity index (χ1n) is 4.96. The molecule has 0 N–H and O–H groups in total. The summed E-state index contributed by atoms with van der Waals surface area (Å²) in [5.74, 6) is 0. The standard InChI is InChI=1S/2C5H4N.2C2H5.Ni/c2*1-2-4-6-5-3-1;2*1-2;/h2*1-4H;2*1H2,2H3;/q4*-1;. The molecule has 0 aromatic carbocycles. The zero-order chi connectivity index (χ0) is 12.5. The number of nitrogens with zero attached hydrogens (tertiary/aromatic N) is 2. The maximum absolute atomic E-state index is 3.66. The van der Waals surface area contributed by atoms with Crippen LogP contribution < -0.4 is 0 Å². The van der Waals surface area contributed by atoms with E-state index in [4.69, 9.17) is 0 Å². The first-order chi connectivity index (χ1) is 8.00. The third-order valence-corrected chi connectivity index (χ3v) is 1.03. The van der Waals surface area contributed by atoms with E-state index in [0.29, 0.717) is 0 Å². The minimum atomic E-state index is 0. The molecule has 0 radical (unpaired) electrons. The Morgan fingerprint density at radius 3 is 1.12 bits per heavy atom. The number of hydrogen-bond acceptors (Lipinski definition) is 2. The molecule has 0 unspecified atom stereocenters. The zero-order valence-corrected chi connectivity index (χ0v) is 11.2. The quantitative estimate of drug-likeness (QED) is 0.542. The fraction of sp³-hybridized carbons (Fsp3) is 0.143. The van der Waals surface area contributed by atoms with E-state index in [0.717, 1.165) is 0 Å². The number of aromatic nitrogens is 2. The van der Waals surface area contributed by atoms with Crippen LogP contribution in [-0.2, 0) is 16.5 Å². The second kappa shape index (κ2) is 24.2. The van der Waals surface area contributed by atoms with Gasteiger partial charge in [0.25, 0.3) is 0 Å². The number of hydrogen-bond donors (Lipinski definition) is 0. The van der Waals surface area contributed by atoms with Crippen LogP contribution in [-0.4, -0.2) is 9.97 Å². The van der Waals surface area contributed by atoms with Crippen molar-refractivity contribution in [3.63, 3.8) is 0 Å². The van der Waals surface area contributed by atoms with E-state index in [-0.39, 0.29) is 16.5 Å². The van der Waals surface area contributed by atoms with Crippen molar-refractivity contribution in [3.8, 4) is 0 Å². The summed E-state index contributed by atoms with van der Waals surface area (Å²) < 4.78 is 0. The Hall–Kier alpha value is -1.21. The monoisotopic (exact) mass is 272 g/mol. The molecule has 0 saturated carbocycles. The van der Waals surface area contributed by atoms with Gasteiger partial charge in [-0.15, -0.1) is 0 Å². The molecule has 0 bridgehead atoms. The van der Waals surface area contributed by atoms with Crippen LogP contribution >= 0.6 is 0 Å². The van der Waals surface area contributed by atoms with Gasteiger partial charge in [0.1, 0.15) is 0 Å². The van der Waals surface area contributed by atoms with Crippen LogP contribution in [0.15, 0.2) is 48.8 Å². The van der Waals surface area contributed by atoms with Crippen LogP contribution in [0.2, 0.25) is 0 Å². The van der Waals surface area contributed by atoms with Gasteiger partial charge in [-0.2, -0.15) is 50.2 Å². The van der Waals surface area contributed by atoms with Gasteiger partial charge in [0.15, 0.2) is 0 Å². The fourth-order valence-corrected chi connectivity index (χ4v) is 0.555. The molecule has 0 spiro atoms. The van der Waals surface area contributed by atoms with Crippen molar-refractivity contribution in [2.75, 3.05) is 0 Å². The Morgan fingerprint density at radius 2 is 1.06 bits per heavy atom. The van der Waals surface area contributed by atoms with Gasteiger partial charge in [0.05, 0.1) is 0 Å². The van der Waals surface area contributed by atoms with E-state index in [1.54, 1.807) is 38.4 Å². The Bertz CT molecular complexity index is 190. The molecule has 0 aliphatic heterocycles. The van der Waals surface area contributed by atoms with Crippen molar-refractivity contribution in [1.82, 2.24) is 9.97 Å². The largest absolute Gasteiger partial charge is 0.394 e. The molecule has 2 heterocycles. The fourth-order valence-electron chi connectivity index (χ4n) is 0.555. The van der Waals surface area contributed by atoms with E-state index >= 15 is 0 Å². The summed E-state index contributed by atoms with van der Waals surface area (Å²) in [5.41, 5.74) is 0. The second-order valence-corrected chi connectivity index (χ2v) is 1.92. The number of rotatable bonds is 0. The van der Waals surface area contributed by atoms with E-state index < -0.39 is 0 Å². The maximum Gasteiger partial charge on any atom is 0 e. The third-order valence-electron chi connectivity index (χ3n) is 1.03. The van der Waals surface area contributed by atoms with E-state index in [2.05, 4.69) is 36.2 Å². The summed E-state index contributed by atoms with van der Waals surface area (Å²) in [6.45, 7) is 10.0. The Labute approximate surface area is 115 Å². The van der Waals surface area contributed by atoms with Crippen molar-refractivity contribution in [1.29, 1.82) is 0 Å². The van der Waals surface area contributed by atoms with Crippen LogP contribution in [0.4, 0.5) is 0 Å². The molecule has 0 amide bonds. The molecule has 98 valence electrons. The van der Waals surface area contributed by atoms with Crippen molar-refractivity contribution >= 4 is 0 Å². The van der Waals surface area contributed by atoms with Crippen molar-refractivity contribution in [2.45, 2.75) is 13.8 Å². The predicted molar refractivity (Wildman–Crippen MR) is 68.2 cm³/mol. The van der Waals surface area contributed by atoms with Crippen LogP contribution in [0, 0.1) is 26.2 Å². The Kier molecular flexibility index (Phi) is 30.0. The van der Waals surface area contributed by atoms with E-state index in [1.807, 2.05) is 24.3 Å². The van der Waals surface area contributed by atoms with Gasteiger partial charge >= 0.3 is 0 Å². The van der Waals surface area contributed by atoms with Crippen LogP contribution in [0.1, 0.15) is 13.8 Å². The minimum Gasteiger partial charge on any atom is -0.394 e. The summed E-state index contributed by atoms with van der Waals surface area (Å²) in [5, 5.41) is 0. The molecule has 2 aromatic rings. The Morgan fingerprint density at radius 1 is 0.706 bits per heavy atom. The van der Waals surface area contributed by atoms with Gasteiger partial charge in [-0.1, -0.05) is 24.8 Å². The van der Waals surface area contributed by atoms with E-state index in [9.17, 15) is 0 Å². The molecule has 0 fully saturated rings. The average Bonchev–Trinajstić information content (AvgIpc) is 2.48. The van der Waals surface area contributed by atoms with Crippen molar-refractivity contribution in [2.24, 2.45) is 0 Å². The molecule has 3 heteroatoms. The molecule has 2 aromatic heterocycles. The first-order valence-corrected chi connectivity index (χ1v) is 4.96. The summed E-state index contributed by atoms with van der Waals surface area (Å²) in [6, 6.07) is 11.0. The molecule has 0 aliphatic rings. The second-order valence-electron chi connectivity index (χ2n) is 1.92. The molecular weight excluding hydrogens is 255 g/mol. The van der Waals surface area contributed by atoms with Gasteiger partial charge in [0, 0.05) is 16.5 Å².